The third kappa shape index (κ3) is 5.30. The predicted octanol–water partition coefficient (Wildman–Crippen LogP) is 1.73. The van der Waals surface area contributed by atoms with Crippen molar-refractivity contribution in [1.82, 2.24) is 4.72 Å². The van der Waals surface area contributed by atoms with Gasteiger partial charge >= 0.3 is 5.97 Å². The van der Waals surface area contributed by atoms with E-state index in [4.69, 9.17) is 0 Å². The lowest BCUT2D eigenvalue weighted by Crippen LogP contribution is -2.30. The topological polar surface area (TPSA) is 72.5 Å². The van der Waals surface area contributed by atoms with Gasteiger partial charge in [0.05, 0.1) is 11.5 Å². The molecule has 0 amide bonds. The lowest BCUT2D eigenvalue weighted by Gasteiger charge is -2.08. The first-order valence-corrected chi connectivity index (χ1v) is 8.07. The molecular formula is C14H21NO4S. The average Bonchev–Trinajstić information content (AvgIpc) is 2.37. The monoisotopic (exact) mass is 299 g/mol. The molecule has 1 aromatic carbocycles. The van der Waals surface area contributed by atoms with Crippen LogP contribution < -0.4 is 4.72 Å². The summed E-state index contributed by atoms with van der Waals surface area (Å²) >= 11 is 0. The van der Waals surface area contributed by atoms with Gasteiger partial charge in [0.1, 0.15) is 6.54 Å². The maximum Gasteiger partial charge on any atom is 0.321 e. The summed E-state index contributed by atoms with van der Waals surface area (Å²) in [4.78, 5) is 11.3. The summed E-state index contributed by atoms with van der Waals surface area (Å²) in [5.74, 6) is -0.0769. The highest BCUT2D eigenvalue weighted by Gasteiger charge is 2.15. The number of rotatable bonds is 7. The van der Waals surface area contributed by atoms with E-state index in [2.05, 4.69) is 23.3 Å². The van der Waals surface area contributed by atoms with Gasteiger partial charge in [0.2, 0.25) is 10.0 Å². The van der Waals surface area contributed by atoms with Crippen LogP contribution in [0.1, 0.15) is 26.3 Å². The molecule has 5 nitrogen and oxygen atoms in total. The van der Waals surface area contributed by atoms with Gasteiger partial charge in [-0.1, -0.05) is 26.0 Å². The summed E-state index contributed by atoms with van der Waals surface area (Å²) in [5, 5.41) is 0. The molecule has 0 radical (unpaired) electrons. The van der Waals surface area contributed by atoms with Gasteiger partial charge in [-0.05, 0) is 37.0 Å². The van der Waals surface area contributed by atoms with Gasteiger partial charge in [0, 0.05) is 0 Å². The van der Waals surface area contributed by atoms with Crippen LogP contribution in [0.3, 0.4) is 0 Å². The van der Waals surface area contributed by atoms with Gasteiger partial charge in [-0.2, -0.15) is 4.72 Å². The van der Waals surface area contributed by atoms with E-state index in [0.717, 1.165) is 12.0 Å². The number of benzene rings is 1. The first-order valence-electron chi connectivity index (χ1n) is 6.59. The zero-order valence-electron chi connectivity index (χ0n) is 12.0. The van der Waals surface area contributed by atoms with E-state index >= 15 is 0 Å². The van der Waals surface area contributed by atoms with Crippen LogP contribution in [0.15, 0.2) is 29.2 Å². The van der Waals surface area contributed by atoms with Gasteiger partial charge in [-0.25, -0.2) is 8.42 Å². The average molecular weight is 299 g/mol. The Morgan fingerprint density at radius 1 is 1.25 bits per heavy atom. The highest BCUT2D eigenvalue weighted by Crippen LogP contribution is 2.13. The molecule has 0 unspecified atom stereocenters. The molecule has 0 heterocycles. The van der Waals surface area contributed by atoms with Crippen molar-refractivity contribution >= 4 is 16.0 Å². The highest BCUT2D eigenvalue weighted by atomic mass is 32.2. The number of carbonyl (C=O) groups excluding carboxylic acids is 1. The molecule has 0 aliphatic heterocycles. The van der Waals surface area contributed by atoms with Gasteiger partial charge < -0.3 is 4.74 Å². The molecule has 0 aromatic heterocycles. The first kappa shape index (κ1) is 16.7. The van der Waals surface area contributed by atoms with E-state index in [1.807, 2.05) is 0 Å². The van der Waals surface area contributed by atoms with Crippen LogP contribution in [0, 0.1) is 5.92 Å². The molecule has 0 atom stereocenters. The van der Waals surface area contributed by atoms with Crippen LogP contribution in [0.2, 0.25) is 0 Å². The summed E-state index contributed by atoms with van der Waals surface area (Å²) in [6, 6.07) is 6.67. The standard InChI is InChI=1S/C14H21NO4S/c1-4-19-14(16)10-15-20(17,18)13-7-5-12(6-8-13)9-11(2)3/h5-8,11,15H,4,9-10H2,1-3H3. The van der Waals surface area contributed by atoms with E-state index in [1.54, 1.807) is 31.2 Å². The smallest absolute Gasteiger partial charge is 0.321 e. The van der Waals surface area contributed by atoms with E-state index in [9.17, 15) is 13.2 Å². The maximum atomic E-state index is 12.0. The van der Waals surface area contributed by atoms with Crippen LogP contribution >= 0.6 is 0 Å². The van der Waals surface area contributed by atoms with Gasteiger partial charge in [0.15, 0.2) is 0 Å². The predicted molar refractivity (Wildman–Crippen MR) is 76.8 cm³/mol. The summed E-state index contributed by atoms with van der Waals surface area (Å²) < 4.78 is 30.8. The lowest BCUT2D eigenvalue weighted by molar-refractivity contribution is -0.141. The molecule has 0 spiro atoms. The Balaban J connectivity index is 2.70. The van der Waals surface area contributed by atoms with Crippen molar-refractivity contribution in [3.63, 3.8) is 0 Å². The molecule has 112 valence electrons. The number of hydrogen-bond acceptors (Lipinski definition) is 4. The molecule has 0 saturated carbocycles. The minimum absolute atomic E-state index is 0.148. The van der Waals surface area contributed by atoms with Crippen molar-refractivity contribution in [2.75, 3.05) is 13.2 Å². The number of ether oxygens (including phenoxy) is 1. The number of carbonyl (C=O) groups is 1. The minimum atomic E-state index is -3.67. The Morgan fingerprint density at radius 3 is 2.35 bits per heavy atom. The number of hydrogen-bond donors (Lipinski definition) is 1. The molecule has 0 aliphatic rings. The fourth-order valence-corrected chi connectivity index (χ4v) is 2.69. The molecule has 1 aromatic rings. The Bertz CT molecular complexity index is 535. The van der Waals surface area contributed by atoms with E-state index in [1.165, 1.54) is 0 Å². The largest absolute Gasteiger partial charge is 0.465 e. The van der Waals surface area contributed by atoms with Crippen LogP contribution in [0.25, 0.3) is 0 Å². The minimum Gasteiger partial charge on any atom is -0.465 e. The summed E-state index contributed by atoms with van der Waals surface area (Å²) in [6.07, 6.45) is 0.899. The van der Waals surface area contributed by atoms with Gasteiger partial charge in [0.25, 0.3) is 0 Å². The molecule has 0 bridgehead atoms. The molecule has 0 saturated heterocycles. The SMILES string of the molecule is CCOC(=O)CNS(=O)(=O)c1ccc(CC(C)C)cc1. The molecule has 0 aliphatic carbocycles. The quantitative estimate of drug-likeness (QED) is 0.778. The van der Waals surface area contributed by atoms with Gasteiger partial charge in [-0.3, -0.25) is 4.79 Å². The second-order valence-electron chi connectivity index (χ2n) is 4.87. The second-order valence-corrected chi connectivity index (χ2v) is 6.64. The van der Waals surface area contributed by atoms with Crippen LogP contribution in [0.5, 0.6) is 0 Å². The van der Waals surface area contributed by atoms with Crippen molar-refractivity contribution in [3.05, 3.63) is 29.8 Å². The second kappa shape index (κ2) is 7.40. The maximum absolute atomic E-state index is 12.0. The van der Waals surface area contributed by atoms with Crippen molar-refractivity contribution in [2.45, 2.75) is 32.1 Å². The molecule has 1 N–H and O–H groups in total. The fourth-order valence-electron chi connectivity index (χ4n) is 1.73. The summed E-state index contributed by atoms with van der Waals surface area (Å²) in [6.45, 7) is 5.74. The Labute approximate surface area is 120 Å². The third-order valence-corrected chi connectivity index (χ3v) is 4.01. The molecular weight excluding hydrogens is 278 g/mol. The van der Waals surface area contributed by atoms with E-state index in [0.29, 0.717) is 5.92 Å². The molecule has 20 heavy (non-hydrogen) atoms. The van der Waals surface area contributed by atoms with Crippen molar-refractivity contribution < 1.29 is 17.9 Å². The van der Waals surface area contributed by atoms with Crippen LogP contribution in [-0.4, -0.2) is 27.5 Å². The lowest BCUT2D eigenvalue weighted by atomic mass is 10.0. The molecule has 0 fully saturated rings. The summed E-state index contributed by atoms with van der Waals surface area (Å²) in [7, 11) is -3.67. The normalized spacial score (nSPS) is 11.6. The Morgan fingerprint density at radius 2 is 1.85 bits per heavy atom. The van der Waals surface area contributed by atoms with Crippen LogP contribution in [-0.2, 0) is 26.0 Å². The van der Waals surface area contributed by atoms with Crippen molar-refractivity contribution in [1.29, 1.82) is 0 Å². The van der Waals surface area contributed by atoms with Crippen molar-refractivity contribution in [2.24, 2.45) is 5.92 Å². The third-order valence-electron chi connectivity index (χ3n) is 2.59. The fraction of sp³-hybridized carbons (Fsp3) is 0.500. The first-order chi connectivity index (χ1) is 9.35. The van der Waals surface area contributed by atoms with Gasteiger partial charge in [-0.15, -0.1) is 0 Å². The summed E-state index contributed by atoms with van der Waals surface area (Å²) in [5.41, 5.74) is 1.09. The number of nitrogens with one attached hydrogen (secondary N) is 1. The van der Waals surface area contributed by atoms with Crippen molar-refractivity contribution in [3.8, 4) is 0 Å². The number of esters is 1. The molecule has 1 rings (SSSR count). The Kier molecular flexibility index (Phi) is 6.16. The highest BCUT2D eigenvalue weighted by molar-refractivity contribution is 7.89. The van der Waals surface area contributed by atoms with E-state index in [-0.39, 0.29) is 18.0 Å². The molecule has 6 heteroatoms. The van der Waals surface area contributed by atoms with Crippen LogP contribution in [0.4, 0.5) is 0 Å². The number of sulfonamides is 1. The zero-order chi connectivity index (χ0) is 15.2. The Hall–Kier alpha value is -1.40. The van der Waals surface area contributed by atoms with E-state index < -0.39 is 16.0 Å². The zero-order valence-corrected chi connectivity index (χ0v) is 12.9.